The van der Waals surface area contributed by atoms with E-state index in [2.05, 4.69) is 0 Å². The number of aliphatic carboxylic acids is 1. The molecule has 1 amide bonds. The third-order valence-electron chi connectivity index (χ3n) is 3.28. The number of nitrogens with zero attached hydrogens (tertiary/aromatic N) is 1. The van der Waals surface area contributed by atoms with Crippen LogP contribution in [0, 0.1) is 12.7 Å². The molecule has 0 bridgehead atoms. The van der Waals surface area contributed by atoms with E-state index in [1.54, 1.807) is 0 Å². The van der Waals surface area contributed by atoms with Crippen LogP contribution in [0.1, 0.15) is 28.8 Å². The van der Waals surface area contributed by atoms with Crippen molar-refractivity contribution in [2.75, 3.05) is 6.54 Å². The minimum Gasteiger partial charge on any atom is -0.480 e. The Kier molecular flexibility index (Phi) is 3.75. The Balaban J connectivity index is 2.34. The monoisotopic (exact) mass is 285 g/mol. The van der Waals surface area contributed by atoms with Crippen molar-refractivity contribution in [2.45, 2.75) is 25.8 Å². The summed E-state index contributed by atoms with van der Waals surface area (Å²) in [5, 5.41) is 9.06. The number of amides is 1. The molecule has 1 heterocycles. The molecule has 6 heteroatoms. The number of hydrogen-bond donors (Lipinski definition) is 1. The quantitative estimate of drug-likeness (QED) is 0.908. The molecule has 1 fully saturated rings. The summed E-state index contributed by atoms with van der Waals surface area (Å²) in [6, 6.07) is 1.61. The molecule has 0 unspecified atom stereocenters. The molecule has 1 aliphatic rings. The molecule has 0 aliphatic carbocycles. The summed E-state index contributed by atoms with van der Waals surface area (Å²) in [6.07, 6.45) is 1.07. The Morgan fingerprint density at radius 1 is 1.47 bits per heavy atom. The fourth-order valence-corrected chi connectivity index (χ4v) is 2.47. The maximum Gasteiger partial charge on any atom is 0.326 e. The number of aryl methyl sites for hydroxylation is 1. The maximum absolute atomic E-state index is 13.3. The van der Waals surface area contributed by atoms with E-state index in [1.165, 1.54) is 17.9 Å². The largest absolute Gasteiger partial charge is 0.480 e. The molecule has 0 saturated carbocycles. The van der Waals surface area contributed by atoms with Crippen molar-refractivity contribution < 1.29 is 19.1 Å². The first-order valence-electron chi connectivity index (χ1n) is 5.91. The highest BCUT2D eigenvalue weighted by Gasteiger charge is 2.35. The molecule has 1 saturated heterocycles. The van der Waals surface area contributed by atoms with Crippen LogP contribution in [0.25, 0.3) is 0 Å². The maximum atomic E-state index is 13.3. The van der Waals surface area contributed by atoms with Crippen LogP contribution in [0.3, 0.4) is 0 Å². The van der Waals surface area contributed by atoms with E-state index in [4.69, 9.17) is 16.7 Å². The van der Waals surface area contributed by atoms with Crippen molar-refractivity contribution in [1.29, 1.82) is 0 Å². The summed E-state index contributed by atoms with van der Waals surface area (Å²) >= 11 is 5.87. The lowest BCUT2D eigenvalue weighted by Gasteiger charge is -2.22. The third kappa shape index (κ3) is 2.56. The molecule has 1 aromatic carbocycles. The Bertz CT molecular complexity index is 547. The van der Waals surface area contributed by atoms with Gasteiger partial charge in [-0.05, 0) is 37.5 Å². The number of carboxylic acid groups (broad SMARTS) is 1. The van der Waals surface area contributed by atoms with E-state index in [-0.39, 0.29) is 10.6 Å². The van der Waals surface area contributed by atoms with Gasteiger partial charge in [0.15, 0.2) is 0 Å². The minimum atomic E-state index is -1.03. The van der Waals surface area contributed by atoms with Gasteiger partial charge >= 0.3 is 5.97 Å². The number of carbonyl (C=O) groups is 2. The van der Waals surface area contributed by atoms with E-state index in [1.807, 2.05) is 0 Å². The predicted octanol–water partition coefficient (Wildman–Crippen LogP) is 2.48. The summed E-state index contributed by atoms with van der Waals surface area (Å²) in [4.78, 5) is 24.6. The van der Waals surface area contributed by atoms with Crippen LogP contribution in [-0.2, 0) is 4.79 Å². The second-order valence-electron chi connectivity index (χ2n) is 4.58. The molecule has 1 N–H and O–H groups in total. The SMILES string of the molecule is Cc1cc(C(=O)N2CCC[C@@H]2C(=O)O)c(Cl)cc1F. The van der Waals surface area contributed by atoms with Crippen molar-refractivity contribution in [1.82, 2.24) is 4.90 Å². The van der Waals surface area contributed by atoms with Gasteiger partial charge in [-0.2, -0.15) is 0 Å². The highest BCUT2D eigenvalue weighted by atomic mass is 35.5. The molecule has 0 spiro atoms. The molecular weight excluding hydrogens is 273 g/mol. The summed E-state index contributed by atoms with van der Waals surface area (Å²) in [7, 11) is 0. The van der Waals surface area contributed by atoms with E-state index < -0.39 is 23.7 Å². The molecular formula is C13H13ClFNO3. The number of carbonyl (C=O) groups excluding carboxylic acids is 1. The molecule has 1 aliphatic heterocycles. The molecule has 1 aromatic rings. The van der Waals surface area contributed by atoms with Crippen LogP contribution >= 0.6 is 11.6 Å². The van der Waals surface area contributed by atoms with Gasteiger partial charge in [0.05, 0.1) is 10.6 Å². The zero-order chi connectivity index (χ0) is 14.2. The average Bonchev–Trinajstić information content (AvgIpc) is 2.82. The first kappa shape index (κ1) is 13.8. The zero-order valence-corrected chi connectivity index (χ0v) is 11.1. The van der Waals surface area contributed by atoms with Gasteiger partial charge in [0.1, 0.15) is 11.9 Å². The van der Waals surface area contributed by atoms with Crippen molar-refractivity contribution in [3.8, 4) is 0 Å². The normalized spacial score (nSPS) is 18.7. The smallest absolute Gasteiger partial charge is 0.326 e. The molecule has 1 atom stereocenters. The molecule has 4 nitrogen and oxygen atoms in total. The molecule has 102 valence electrons. The van der Waals surface area contributed by atoms with Gasteiger partial charge in [-0.3, -0.25) is 4.79 Å². The van der Waals surface area contributed by atoms with Crippen molar-refractivity contribution in [3.63, 3.8) is 0 Å². The highest BCUT2D eigenvalue weighted by Crippen LogP contribution is 2.26. The molecule has 19 heavy (non-hydrogen) atoms. The Hall–Kier alpha value is -1.62. The van der Waals surface area contributed by atoms with E-state index in [9.17, 15) is 14.0 Å². The number of carboxylic acids is 1. The number of hydrogen-bond acceptors (Lipinski definition) is 2. The van der Waals surface area contributed by atoms with Gasteiger partial charge in [0.2, 0.25) is 0 Å². The van der Waals surface area contributed by atoms with Crippen LogP contribution in [-0.4, -0.2) is 34.5 Å². The van der Waals surface area contributed by atoms with E-state index in [0.717, 1.165) is 6.07 Å². The second kappa shape index (κ2) is 5.17. The third-order valence-corrected chi connectivity index (χ3v) is 3.59. The summed E-state index contributed by atoms with van der Waals surface area (Å²) in [5.41, 5.74) is 0.451. The van der Waals surface area contributed by atoms with E-state index in [0.29, 0.717) is 24.9 Å². The second-order valence-corrected chi connectivity index (χ2v) is 4.98. The van der Waals surface area contributed by atoms with Crippen molar-refractivity contribution in [3.05, 3.63) is 34.1 Å². The Morgan fingerprint density at radius 3 is 2.79 bits per heavy atom. The van der Waals surface area contributed by atoms with Crippen molar-refractivity contribution >= 4 is 23.5 Å². The number of likely N-dealkylation sites (tertiary alicyclic amines) is 1. The molecule has 2 rings (SSSR count). The lowest BCUT2D eigenvalue weighted by atomic mass is 10.1. The van der Waals surface area contributed by atoms with Crippen LogP contribution in [0.4, 0.5) is 4.39 Å². The van der Waals surface area contributed by atoms with Crippen LogP contribution in [0.2, 0.25) is 5.02 Å². The fraction of sp³-hybridized carbons (Fsp3) is 0.385. The number of benzene rings is 1. The van der Waals surface area contributed by atoms with Gasteiger partial charge in [-0.15, -0.1) is 0 Å². The standard InChI is InChI=1S/C13H13ClFNO3/c1-7-5-8(9(14)6-10(7)15)12(17)16-4-2-3-11(16)13(18)19/h5-6,11H,2-4H2,1H3,(H,18,19)/t11-/m1/s1. The van der Waals surface area contributed by atoms with Gasteiger partial charge in [0.25, 0.3) is 5.91 Å². The lowest BCUT2D eigenvalue weighted by Crippen LogP contribution is -2.40. The highest BCUT2D eigenvalue weighted by molar-refractivity contribution is 6.33. The summed E-state index contributed by atoms with van der Waals surface area (Å²) in [5.74, 6) is -1.98. The van der Waals surface area contributed by atoms with Crippen LogP contribution in [0.5, 0.6) is 0 Å². The Labute approximate surface area is 114 Å². The topological polar surface area (TPSA) is 57.6 Å². The number of halogens is 2. The van der Waals surface area contributed by atoms with Gasteiger partial charge in [0, 0.05) is 6.54 Å². The fourth-order valence-electron chi connectivity index (χ4n) is 2.24. The summed E-state index contributed by atoms with van der Waals surface area (Å²) < 4.78 is 13.3. The van der Waals surface area contributed by atoms with Gasteiger partial charge in [-0.1, -0.05) is 11.6 Å². The Morgan fingerprint density at radius 2 is 2.16 bits per heavy atom. The predicted molar refractivity (Wildman–Crippen MR) is 67.8 cm³/mol. The lowest BCUT2D eigenvalue weighted by molar-refractivity contribution is -0.141. The first-order chi connectivity index (χ1) is 8.91. The van der Waals surface area contributed by atoms with E-state index >= 15 is 0 Å². The number of rotatable bonds is 2. The molecule has 0 radical (unpaired) electrons. The van der Waals surface area contributed by atoms with Gasteiger partial charge in [-0.25, -0.2) is 9.18 Å². The minimum absolute atomic E-state index is 0.00383. The zero-order valence-electron chi connectivity index (χ0n) is 10.3. The van der Waals surface area contributed by atoms with Gasteiger partial charge < -0.3 is 10.0 Å². The molecule has 0 aromatic heterocycles. The average molecular weight is 286 g/mol. The van der Waals surface area contributed by atoms with Crippen LogP contribution < -0.4 is 0 Å². The van der Waals surface area contributed by atoms with Crippen LogP contribution in [0.15, 0.2) is 12.1 Å². The summed E-state index contributed by atoms with van der Waals surface area (Å²) in [6.45, 7) is 1.91. The van der Waals surface area contributed by atoms with Crippen molar-refractivity contribution in [2.24, 2.45) is 0 Å². The first-order valence-corrected chi connectivity index (χ1v) is 6.29.